The molecule has 0 amide bonds. The molecule has 2 rings (SSSR count). The van der Waals surface area contributed by atoms with Crippen molar-refractivity contribution in [2.24, 2.45) is 0 Å². The third-order valence-corrected chi connectivity index (χ3v) is 4.97. The number of sulfonamides is 1. The zero-order valence-electron chi connectivity index (χ0n) is 10.6. The number of aliphatic hydroxyl groups excluding tert-OH is 1. The van der Waals surface area contributed by atoms with E-state index >= 15 is 0 Å². The molecule has 2 aromatic carbocycles. The Morgan fingerprint density at radius 2 is 1.85 bits per heavy atom. The van der Waals surface area contributed by atoms with Gasteiger partial charge in [0, 0.05) is 11.0 Å². The van der Waals surface area contributed by atoms with Crippen LogP contribution in [0, 0.1) is 0 Å². The third kappa shape index (κ3) is 3.67. The van der Waals surface area contributed by atoms with Gasteiger partial charge in [0.1, 0.15) is 0 Å². The highest BCUT2D eigenvalue weighted by atomic mass is 79.9. The van der Waals surface area contributed by atoms with Crippen molar-refractivity contribution in [3.05, 3.63) is 64.1 Å². The lowest BCUT2D eigenvalue weighted by atomic mass is 10.2. The molecule has 0 spiro atoms. The Bertz CT molecular complexity index is 701. The summed E-state index contributed by atoms with van der Waals surface area (Å²) in [6.07, 6.45) is 0. The van der Waals surface area contributed by atoms with Crippen molar-refractivity contribution in [2.75, 3.05) is 0 Å². The van der Waals surface area contributed by atoms with Gasteiger partial charge in [0.05, 0.1) is 11.5 Å². The van der Waals surface area contributed by atoms with Gasteiger partial charge in [-0.05, 0) is 29.3 Å². The van der Waals surface area contributed by atoms with E-state index in [0.717, 1.165) is 10.0 Å². The number of hydrogen-bond acceptors (Lipinski definition) is 3. The van der Waals surface area contributed by atoms with E-state index < -0.39 is 10.0 Å². The summed E-state index contributed by atoms with van der Waals surface area (Å²) < 4.78 is 27.8. The van der Waals surface area contributed by atoms with E-state index in [1.807, 2.05) is 24.3 Å². The first-order chi connectivity index (χ1) is 9.53. The fourth-order valence-electron chi connectivity index (χ4n) is 1.71. The van der Waals surface area contributed by atoms with Crippen molar-refractivity contribution in [3.63, 3.8) is 0 Å². The van der Waals surface area contributed by atoms with Gasteiger partial charge in [0.25, 0.3) is 0 Å². The quantitative estimate of drug-likeness (QED) is 0.865. The molecule has 106 valence electrons. The van der Waals surface area contributed by atoms with Gasteiger partial charge in [-0.1, -0.05) is 46.3 Å². The summed E-state index contributed by atoms with van der Waals surface area (Å²) in [5.74, 6) is 0. The van der Waals surface area contributed by atoms with E-state index in [1.54, 1.807) is 12.1 Å². The predicted octanol–water partition coefficient (Wildman–Crippen LogP) is 2.42. The molecular formula is C14H14BrNO3S. The number of rotatable bonds is 5. The molecule has 0 saturated heterocycles. The first-order valence-electron chi connectivity index (χ1n) is 5.96. The number of halogens is 1. The topological polar surface area (TPSA) is 66.4 Å². The van der Waals surface area contributed by atoms with Crippen LogP contribution in [0.1, 0.15) is 11.1 Å². The van der Waals surface area contributed by atoms with Crippen molar-refractivity contribution >= 4 is 26.0 Å². The van der Waals surface area contributed by atoms with Crippen LogP contribution in [0.2, 0.25) is 0 Å². The molecule has 0 bridgehead atoms. The molecular weight excluding hydrogens is 342 g/mol. The molecule has 0 radical (unpaired) electrons. The van der Waals surface area contributed by atoms with Crippen LogP contribution in [0.25, 0.3) is 0 Å². The minimum Gasteiger partial charge on any atom is -0.392 e. The maximum absolute atomic E-state index is 12.2. The lowest BCUT2D eigenvalue weighted by molar-refractivity contribution is 0.281. The summed E-state index contributed by atoms with van der Waals surface area (Å²) in [6, 6.07) is 13.7. The molecule has 6 heteroatoms. The van der Waals surface area contributed by atoms with E-state index in [4.69, 9.17) is 5.11 Å². The maximum Gasteiger partial charge on any atom is 0.240 e. The Morgan fingerprint density at radius 3 is 2.55 bits per heavy atom. The molecule has 20 heavy (non-hydrogen) atoms. The van der Waals surface area contributed by atoms with Crippen molar-refractivity contribution in [1.82, 2.24) is 4.72 Å². The molecule has 0 aliphatic carbocycles. The first-order valence-corrected chi connectivity index (χ1v) is 8.23. The Kier molecular flexibility index (Phi) is 4.93. The molecule has 4 nitrogen and oxygen atoms in total. The largest absolute Gasteiger partial charge is 0.392 e. The zero-order valence-corrected chi connectivity index (χ0v) is 13.0. The molecule has 0 aliphatic rings. The first kappa shape index (κ1) is 15.2. The molecule has 0 heterocycles. The minimum absolute atomic E-state index is 0.149. The minimum atomic E-state index is -3.59. The van der Waals surface area contributed by atoms with Crippen molar-refractivity contribution < 1.29 is 13.5 Å². The Hall–Kier alpha value is -1.21. The standard InChI is InChI=1S/C14H14BrNO3S/c15-14-7-2-1-5-12(14)9-16-20(18,19)13-6-3-4-11(8-13)10-17/h1-8,16-17H,9-10H2. The van der Waals surface area contributed by atoms with Gasteiger partial charge in [0.2, 0.25) is 10.0 Å². The van der Waals surface area contributed by atoms with Gasteiger partial charge < -0.3 is 5.11 Å². The van der Waals surface area contributed by atoms with E-state index in [0.29, 0.717) is 5.56 Å². The number of aliphatic hydroxyl groups is 1. The van der Waals surface area contributed by atoms with Crippen LogP contribution in [-0.4, -0.2) is 13.5 Å². The van der Waals surface area contributed by atoms with Crippen LogP contribution < -0.4 is 4.72 Å². The normalized spacial score (nSPS) is 11.5. The van der Waals surface area contributed by atoms with Crippen LogP contribution >= 0.6 is 15.9 Å². The van der Waals surface area contributed by atoms with Crippen LogP contribution in [0.3, 0.4) is 0 Å². The molecule has 2 N–H and O–H groups in total. The van der Waals surface area contributed by atoms with Crippen LogP contribution in [0.4, 0.5) is 0 Å². The van der Waals surface area contributed by atoms with E-state index in [1.165, 1.54) is 12.1 Å². The summed E-state index contributed by atoms with van der Waals surface area (Å²) in [5.41, 5.74) is 1.42. The molecule has 0 atom stereocenters. The second-order valence-electron chi connectivity index (χ2n) is 4.22. The van der Waals surface area contributed by atoms with Crippen LogP contribution in [-0.2, 0) is 23.2 Å². The SMILES string of the molecule is O=S(=O)(NCc1ccccc1Br)c1cccc(CO)c1. The van der Waals surface area contributed by atoms with Gasteiger partial charge in [-0.25, -0.2) is 13.1 Å². The second-order valence-corrected chi connectivity index (χ2v) is 6.84. The molecule has 0 fully saturated rings. The molecule has 0 unspecified atom stereocenters. The molecule has 2 aromatic rings. The smallest absolute Gasteiger partial charge is 0.240 e. The van der Waals surface area contributed by atoms with Gasteiger partial charge in [-0.2, -0.15) is 0 Å². The average molecular weight is 356 g/mol. The Balaban J connectivity index is 2.17. The number of benzene rings is 2. The number of nitrogens with one attached hydrogen (secondary N) is 1. The van der Waals surface area contributed by atoms with Gasteiger partial charge in [-0.15, -0.1) is 0 Å². The maximum atomic E-state index is 12.2. The number of hydrogen-bond donors (Lipinski definition) is 2. The summed E-state index contributed by atoms with van der Waals surface area (Å²) in [6.45, 7) is 0.0146. The predicted molar refractivity (Wildman–Crippen MR) is 80.5 cm³/mol. The molecule has 0 aromatic heterocycles. The van der Waals surface area contributed by atoms with Crippen molar-refractivity contribution in [3.8, 4) is 0 Å². The zero-order chi connectivity index (χ0) is 14.6. The fourth-order valence-corrected chi connectivity index (χ4v) is 3.21. The molecule has 0 saturated carbocycles. The van der Waals surface area contributed by atoms with Crippen molar-refractivity contribution in [1.29, 1.82) is 0 Å². The summed E-state index contributed by atoms with van der Waals surface area (Å²) in [5, 5.41) is 9.05. The summed E-state index contributed by atoms with van der Waals surface area (Å²) in [7, 11) is -3.59. The van der Waals surface area contributed by atoms with E-state index in [2.05, 4.69) is 20.7 Å². The fraction of sp³-hybridized carbons (Fsp3) is 0.143. The van der Waals surface area contributed by atoms with E-state index in [9.17, 15) is 8.42 Å². The van der Waals surface area contributed by atoms with Crippen molar-refractivity contribution in [2.45, 2.75) is 18.0 Å². The lowest BCUT2D eigenvalue weighted by Crippen LogP contribution is -2.23. The van der Waals surface area contributed by atoms with Gasteiger partial charge in [0.15, 0.2) is 0 Å². The summed E-state index contributed by atoms with van der Waals surface area (Å²) >= 11 is 3.38. The highest BCUT2D eigenvalue weighted by Gasteiger charge is 2.14. The molecule has 0 aliphatic heterocycles. The Labute approximate surface area is 126 Å². The average Bonchev–Trinajstić information content (AvgIpc) is 2.46. The van der Waals surface area contributed by atoms with Crippen LogP contribution in [0.15, 0.2) is 57.9 Å². The monoisotopic (exact) mass is 355 g/mol. The van der Waals surface area contributed by atoms with Gasteiger partial charge >= 0.3 is 0 Å². The highest BCUT2D eigenvalue weighted by molar-refractivity contribution is 9.10. The summed E-state index contributed by atoms with van der Waals surface area (Å²) in [4.78, 5) is 0.149. The highest BCUT2D eigenvalue weighted by Crippen LogP contribution is 2.17. The third-order valence-electron chi connectivity index (χ3n) is 2.80. The Morgan fingerprint density at radius 1 is 1.10 bits per heavy atom. The van der Waals surface area contributed by atoms with Gasteiger partial charge in [-0.3, -0.25) is 0 Å². The van der Waals surface area contributed by atoms with E-state index in [-0.39, 0.29) is 18.0 Å². The van der Waals surface area contributed by atoms with Crippen LogP contribution in [0.5, 0.6) is 0 Å². The lowest BCUT2D eigenvalue weighted by Gasteiger charge is -2.09. The second kappa shape index (κ2) is 6.49.